The molecule has 4 heteroatoms. The zero-order chi connectivity index (χ0) is 9.14. The number of carbonyl (C=O) groups excluding carboxylic acids is 1. The lowest BCUT2D eigenvalue weighted by Crippen LogP contribution is -2.25. The first kappa shape index (κ1) is 9.58. The zero-order valence-electron chi connectivity index (χ0n) is 7.17. The number of rotatable bonds is 2. The SMILES string of the molecule is CCC1=NC(=O)C(Br)N=C1CC. The molecule has 12 heavy (non-hydrogen) atoms. The van der Waals surface area contributed by atoms with Gasteiger partial charge in [-0.3, -0.25) is 9.79 Å². The summed E-state index contributed by atoms with van der Waals surface area (Å²) in [5.74, 6) is -0.191. The number of aliphatic imine (C=N–C) groups is 2. The highest BCUT2D eigenvalue weighted by Gasteiger charge is 2.21. The topological polar surface area (TPSA) is 41.8 Å². The van der Waals surface area contributed by atoms with Gasteiger partial charge in [0.15, 0.2) is 4.95 Å². The van der Waals surface area contributed by atoms with E-state index in [0.29, 0.717) is 0 Å². The molecule has 1 amide bonds. The molecule has 0 radical (unpaired) electrons. The summed E-state index contributed by atoms with van der Waals surface area (Å²) in [6.45, 7) is 3.99. The van der Waals surface area contributed by atoms with Crippen molar-refractivity contribution >= 4 is 33.3 Å². The Morgan fingerprint density at radius 1 is 1.33 bits per heavy atom. The Kier molecular flexibility index (Phi) is 3.14. The molecule has 0 spiro atoms. The number of halogens is 1. The van der Waals surface area contributed by atoms with Crippen molar-refractivity contribution in [3.8, 4) is 0 Å². The maximum absolute atomic E-state index is 11.1. The predicted octanol–water partition coefficient (Wildman–Crippen LogP) is 1.95. The molecular weight excluding hydrogens is 220 g/mol. The van der Waals surface area contributed by atoms with Crippen molar-refractivity contribution in [2.75, 3.05) is 0 Å². The van der Waals surface area contributed by atoms with E-state index in [9.17, 15) is 4.79 Å². The third kappa shape index (κ3) is 1.80. The molecule has 0 N–H and O–H groups in total. The van der Waals surface area contributed by atoms with Crippen LogP contribution in [0.1, 0.15) is 26.7 Å². The van der Waals surface area contributed by atoms with Gasteiger partial charge in [0.1, 0.15) is 0 Å². The average Bonchev–Trinajstić information content (AvgIpc) is 2.09. The quantitative estimate of drug-likeness (QED) is 0.529. The summed E-state index contributed by atoms with van der Waals surface area (Å²) in [5.41, 5.74) is 1.78. The first-order valence-corrected chi connectivity index (χ1v) is 4.93. The summed E-state index contributed by atoms with van der Waals surface area (Å²) in [4.78, 5) is 18.7. The Hall–Kier alpha value is -0.510. The van der Waals surface area contributed by atoms with Crippen LogP contribution in [0.4, 0.5) is 0 Å². The molecule has 1 atom stereocenters. The highest BCUT2D eigenvalue weighted by Crippen LogP contribution is 2.12. The number of nitrogens with zero attached hydrogens (tertiary/aromatic N) is 2. The Morgan fingerprint density at radius 3 is 2.42 bits per heavy atom. The van der Waals surface area contributed by atoms with E-state index in [4.69, 9.17) is 0 Å². The Bertz CT molecular complexity index is 258. The minimum absolute atomic E-state index is 0.191. The average molecular weight is 231 g/mol. The van der Waals surface area contributed by atoms with Crippen LogP contribution < -0.4 is 0 Å². The number of carbonyl (C=O) groups is 1. The lowest BCUT2D eigenvalue weighted by Gasteiger charge is -2.13. The maximum Gasteiger partial charge on any atom is 0.281 e. The molecule has 1 rings (SSSR count). The largest absolute Gasteiger partial charge is 0.281 e. The second kappa shape index (κ2) is 3.94. The van der Waals surface area contributed by atoms with Gasteiger partial charge in [-0.2, -0.15) is 0 Å². The van der Waals surface area contributed by atoms with Crippen LogP contribution in [0.2, 0.25) is 0 Å². The number of amides is 1. The fourth-order valence-electron chi connectivity index (χ4n) is 1.10. The predicted molar refractivity (Wildman–Crippen MR) is 53.2 cm³/mol. The fourth-order valence-corrected chi connectivity index (χ4v) is 1.45. The van der Waals surface area contributed by atoms with Gasteiger partial charge < -0.3 is 0 Å². The highest BCUT2D eigenvalue weighted by molar-refractivity contribution is 9.10. The Balaban J connectivity index is 2.92. The molecule has 0 fully saturated rings. The van der Waals surface area contributed by atoms with Crippen LogP contribution in [-0.2, 0) is 4.79 Å². The van der Waals surface area contributed by atoms with Gasteiger partial charge in [0, 0.05) is 0 Å². The van der Waals surface area contributed by atoms with Gasteiger partial charge in [0.2, 0.25) is 0 Å². The molecule has 0 bridgehead atoms. The number of hydrogen-bond acceptors (Lipinski definition) is 2. The molecule has 1 heterocycles. The first-order chi connectivity index (χ1) is 5.69. The van der Waals surface area contributed by atoms with Gasteiger partial charge in [-0.05, 0) is 12.8 Å². The van der Waals surface area contributed by atoms with Crippen LogP contribution in [0, 0.1) is 0 Å². The molecule has 0 saturated heterocycles. The fraction of sp³-hybridized carbons (Fsp3) is 0.625. The first-order valence-electron chi connectivity index (χ1n) is 4.01. The number of hydrogen-bond donors (Lipinski definition) is 0. The normalized spacial score (nSPS) is 23.6. The minimum Gasteiger partial charge on any atom is -0.269 e. The van der Waals surface area contributed by atoms with Gasteiger partial charge in [-0.15, -0.1) is 0 Å². The molecule has 3 nitrogen and oxygen atoms in total. The van der Waals surface area contributed by atoms with Crippen LogP contribution in [0.25, 0.3) is 0 Å². The second-order valence-electron chi connectivity index (χ2n) is 2.52. The molecular formula is C8H11BrN2O. The van der Waals surface area contributed by atoms with E-state index in [1.807, 2.05) is 13.8 Å². The second-order valence-corrected chi connectivity index (χ2v) is 3.38. The standard InChI is InChI=1S/C8H11BrN2O/c1-3-5-6(4-2)11-8(12)7(9)10-5/h7H,3-4H2,1-2H3. The van der Waals surface area contributed by atoms with E-state index in [-0.39, 0.29) is 5.91 Å². The van der Waals surface area contributed by atoms with Gasteiger partial charge in [-0.1, -0.05) is 29.8 Å². The number of alkyl halides is 1. The monoisotopic (exact) mass is 230 g/mol. The van der Waals surface area contributed by atoms with Crippen molar-refractivity contribution in [1.29, 1.82) is 0 Å². The molecule has 1 aliphatic rings. The molecule has 0 aromatic rings. The van der Waals surface area contributed by atoms with Crippen molar-refractivity contribution in [2.24, 2.45) is 9.98 Å². The van der Waals surface area contributed by atoms with Gasteiger partial charge >= 0.3 is 0 Å². The van der Waals surface area contributed by atoms with Crippen LogP contribution in [0.5, 0.6) is 0 Å². The Labute approximate surface area is 80.1 Å². The molecule has 0 aromatic carbocycles. The van der Waals surface area contributed by atoms with E-state index in [1.165, 1.54) is 0 Å². The molecule has 0 aliphatic carbocycles. The van der Waals surface area contributed by atoms with E-state index in [1.54, 1.807) is 0 Å². The van der Waals surface area contributed by atoms with Crippen molar-refractivity contribution in [2.45, 2.75) is 31.6 Å². The Morgan fingerprint density at radius 2 is 1.92 bits per heavy atom. The summed E-state index contributed by atoms with van der Waals surface area (Å²) in [6, 6.07) is 0. The lowest BCUT2D eigenvalue weighted by atomic mass is 10.1. The van der Waals surface area contributed by atoms with E-state index in [0.717, 1.165) is 24.3 Å². The third-order valence-electron chi connectivity index (χ3n) is 1.72. The summed E-state index contributed by atoms with van der Waals surface area (Å²) in [5, 5.41) is 0. The van der Waals surface area contributed by atoms with Crippen LogP contribution in [-0.4, -0.2) is 22.3 Å². The van der Waals surface area contributed by atoms with Crippen molar-refractivity contribution in [1.82, 2.24) is 0 Å². The van der Waals surface area contributed by atoms with Crippen LogP contribution in [0.15, 0.2) is 9.98 Å². The van der Waals surface area contributed by atoms with Crippen molar-refractivity contribution in [3.63, 3.8) is 0 Å². The summed E-state index contributed by atoms with van der Waals surface area (Å²) >= 11 is 3.15. The summed E-state index contributed by atoms with van der Waals surface area (Å²) < 4.78 is 0. The molecule has 1 aliphatic heterocycles. The maximum atomic E-state index is 11.1. The van der Waals surface area contributed by atoms with Gasteiger partial charge in [0.05, 0.1) is 11.4 Å². The summed E-state index contributed by atoms with van der Waals surface area (Å²) in [6.07, 6.45) is 1.61. The van der Waals surface area contributed by atoms with Gasteiger partial charge in [-0.25, -0.2) is 4.99 Å². The molecule has 66 valence electrons. The third-order valence-corrected chi connectivity index (χ3v) is 2.32. The van der Waals surface area contributed by atoms with Crippen LogP contribution >= 0.6 is 15.9 Å². The van der Waals surface area contributed by atoms with E-state index < -0.39 is 4.95 Å². The minimum atomic E-state index is -0.456. The smallest absolute Gasteiger partial charge is 0.269 e. The highest BCUT2D eigenvalue weighted by atomic mass is 79.9. The van der Waals surface area contributed by atoms with Crippen molar-refractivity contribution < 1.29 is 4.79 Å². The van der Waals surface area contributed by atoms with E-state index in [2.05, 4.69) is 25.9 Å². The zero-order valence-corrected chi connectivity index (χ0v) is 8.76. The molecule has 1 unspecified atom stereocenters. The molecule has 0 aromatic heterocycles. The van der Waals surface area contributed by atoms with E-state index >= 15 is 0 Å². The lowest BCUT2D eigenvalue weighted by molar-refractivity contribution is -0.117. The van der Waals surface area contributed by atoms with Crippen molar-refractivity contribution in [3.05, 3.63) is 0 Å². The molecule has 0 saturated carbocycles. The summed E-state index contributed by atoms with van der Waals surface area (Å²) in [7, 11) is 0. The van der Waals surface area contributed by atoms with Gasteiger partial charge in [0.25, 0.3) is 5.91 Å². The van der Waals surface area contributed by atoms with Crippen LogP contribution in [0.3, 0.4) is 0 Å².